The quantitative estimate of drug-likeness (QED) is 0.368. The summed E-state index contributed by atoms with van der Waals surface area (Å²) in [6.45, 7) is 1.84. The lowest BCUT2D eigenvalue weighted by Gasteiger charge is -2.07. The summed E-state index contributed by atoms with van der Waals surface area (Å²) in [5.74, 6) is 0.222. The van der Waals surface area contributed by atoms with E-state index in [1.165, 1.54) is 12.2 Å². The Balaban J connectivity index is 1.38. The number of ether oxygens (including phenoxy) is 1. The number of nitrogen functional groups attached to an aromatic ring is 1. The third-order valence-electron chi connectivity index (χ3n) is 4.02. The average molecular weight is 402 g/mol. The van der Waals surface area contributed by atoms with Gasteiger partial charge in [-0.25, -0.2) is 9.78 Å². The molecule has 4 rings (SSSR count). The standard InChI is InChI=1S/C21H18N6O3/c1-13-6-8-14(9-7-13)23-21-26-17(25-20(22)27-21)12-29-19(28)11-10-18-24-15-4-2-3-5-16(15)30-18/h2-11H,12H2,1H3,(H3,22,23,25,26,27)/b11-10+. The van der Waals surface area contributed by atoms with E-state index in [1.807, 2.05) is 49.4 Å². The largest absolute Gasteiger partial charge is 0.454 e. The summed E-state index contributed by atoms with van der Waals surface area (Å²) < 4.78 is 10.7. The summed E-state index contributed by atoms with van der Waals surface area (Å²) >= 11 is 0. The zero-order chi connectivity index (χ0) is 20.9. The van der Waals surface area contributed by atoms with Crippen LogP contribution < -0.4 is 11.1 Å². The number of oxazole rings is 1. The number of aromatic nitrogens is 4. The zero-order valence-electron chi connectivity index (χ0n) is 16.1. The van der Waals surface area contributed by atoms with Gasteiger partial charge in [0.2, 0.25) is 17.8 Å². The van der Waals surface area contributed by atoms with Crippen molar-refractivity contribution >= 4 is 40.7 Å². The lowest BCUT2D eigenvalue weighted by atomic mass is 10.2. The van der Waals surface area contributed by atoms with Gasteiger partial charge in [0.1, 0.15) is 5.52 Å². The van der Waals surface area contributed by atoms with Gasteiger partial charge < -0.3 is 20.2 Å². The number of nitrogens with two attached hydrogens (primary N) is 1. The summed E-state index contributed by atoms with van der Waals surface area (Å²) in [7, 11) is 0. The van der Waals surface area contributed by atoms with Gasteiger partial charge in [0.25, 0.3) is 0 Å². The molecule has 0 aliphatic rings. The van der Waals surface area contributed by atoms with Gasteiger partial charge in [0.15, 0.2) is 18.0 Å². The van der Waals surface area contributed by atoms with E-state index >= 15 is 0 Å². The highest BCUT2D eigenvalue weighted by molar-refractivity contribution is 5.86. The topological polar surface area (TPSA) is 129 Å². The summed E-state index contributed by atoms with van der Waals surface area (Å²) in [6.07, 6.45) is 2.66. The molecule has 0 aliphatic carbocycles. The lowest BCUT2D eigenvalue weighted by Crippen LogP contribution is -2.10. The molecular weight excluding hydrogens is 384 g/mol. The summed E-state index contributed by atoms with van der Waals surface area (Å²) in [5.41, 5.74) is 9.02. The van der Waals surface area contributed by atoms with Crippen LogP contribution in [0.4, 0.5) is 17.6 Å². The number of nitrogens with one attached hydrogen (secondary N) is 1. The molecule has 0 atom stereocenters. The Morgan fingerprint density at radius 2 is 1.90 bits per heavy atom. The van der Waals surface area contributed by atoms with E-state index in [0.717, 1.165) is 11.3 Å². The van der Waals surface area contributed by atoms with Gasteiger partial charge >= 0.3 is 5.97 Å². The van der Waals surface area contributed by atoms with Gasteiger partial charge in [-0.2, -0.15) is 15.0 Å². The van der Waals surface area contributed by atoms with Crippen molar-refractivity contribution in [3.8, 4) is 0 Å². The first-order chi connectivity index (χ1) is 14.5. The van der Waals surface area contributed by atoms with E-state index < -0.39 is 5.97 Å². The number of carbonyl (C=O) groups is 1. The summed E-state index contributed by atoms with van der Waals surface area (Å²) in [6, 6.07) is 15.0. The molecule has 30 heavy (non-hydrogen) atoms. The van der Waals surface area contributed by atoms with Gasteiger partial charge in [-0.3, -0.25) is 0 Å². The minimum absolute atomic E-state index is 0.0210. The van der Waals surface area contributed by atoms with Crippen molar-refractivity contribution in [2.45, 2.75) is 13.5 Å². The number of carbonyl (C=O) groups excluding carboxylic acids is 1. The Labute approximate surface area is 171 Å². The number of anilines is 3. The van der Waals surface area contributed by atoms with Gasteiger partial charge in [0.05, 0.1) is 0 Å². The minimum atomic E-state index is -0.593. The van der Waals surface area contributed by atoms with Gasteiger partial charge in [-0.1, -0.05) is 29.8 Å². The molecule has 2 aromatic heterocycles. The van der Waals surface area contributed by atoms with Crippen molar-refractivity contribution in [1.82, 2.24) is 19.9 Å². The molecule has 2 aromatic carbocycles. The first-order valence-corrected chi connectivity index (χ1v) is 9.10. The third kappa shape index (κ3) is 4.76. The van der Waals surface area contributed by atoms with Crippen LogP contribution >= 0.6 is 0 Å². The van der Waals surface area contributed by atoms with Crippen LogP contribution in [0.25, 0.3) is 17.2 Å². The molecule has 150 valence electrons. The number of aryl methyl sites for hydroxylation is 1. The van der Waals surface area contributed by atoms with Crippen LogP contribution in [-0.4, -0.2) is 25.9 Å². The monoisotopic (exact) mass is 402 g/mol. The molecule has 0 spiro atoms. The second-order valence-corrected chi connectivity index (χ2v) is 6.39. The van der Waals surface area contributed by atoms with Crippen LogP contribution in [0, 0.1) is 6.92 Å². The van der Waals surface area contributed by atoms with Crippen molar-refractivity contribution in [3.63, 3.8) is 0 Å². The minimum Gasteiger partial charge on any atom is -0.454 e. The second kappa shape index (κ2) is 8.39. The molecule has 0 aliphatic heterocycles. The first-order valence-electron chi connectivity index (χ1n) is 9.10. The highest BCUT2D eigenvalue weighted by atomic mass is 16.5. The number of fused-ring (bicyclic) bond motifs is 1. The summed E-state index contributed by atoms with van der Waals surface area (Å²) in [5, 5.41) is 3.04. The van der Waals surface area contributed by atoms with Crippen LogP contribution in [-0.2, 0) is 16.1 Å². The fourth-order valence-electron chi connectivity index (χ4n) is 2.61. The smallest absolute Gasteiger partial charge is 0.331 e. The molecule has 9 heteroatoms. The van der Waals surface area contributed by atoms with Crippen LogP contribution in [0.15, 0.2) is 59.0 Å². The maximum atomic E-state index is 12.0. The molecule has 0 radical (unpaired) electrons. The van der Waals surface area contributed by atoms with Gasteiger partial charge in [-0.15, -0.1) is 0 Å². The molecule has 4 aromatic rings. The lowest BCUT2D eigenvalue weighted by molar-refractivity contribution is -0.139. The van der Waals surface area contributed by atoms with Crippen LogP contribution in [0.5, 0.6) is 0 Å². The number of hydrogen-bond acceptors (Lipinski definition) is 9. The van der Waals surface area contributed by atoms with Crippen molar-refractivity contribution in [3.05, 3.63) is 71.9 Å². The Kier molecular flexibility index (Phi) is 5.33. The highest BCUT2D eigenvalue weighted by Crippen LogP contribution is 2.16. The zero-order valence-corrected chi connectivity index (χ0v) is 16.1. The second-order valence-electron chi connectivity index (χ2n) is 6.39. The molecule has 0 saturated carbocycles. The summed E-state index contributed by atoms with van der Waals surface area (Å²) in [4.78, 5) is 28.5. The maximum absolute atomic E-state index is 12.0. The number of esters is 1. The predicted molar refractivity (Wildman–Crippen MR) is 112 cm³/mol. The van der Waals surface area contributed by atoms with Crippen molar-refractivity contribution in [2.24, 2.45) is 0 Å². The van der Waals surface area contributed by atoms with E-state index in [2.05, 4.69) is 25.3 Å². The normalized spacial score (nSPS) is 11.1. The molecule has 0 bridgehead atoms. The van der Waals surface area contributed by atoms with E-state index in [0.29, 0.717) is 17.0 Å². The van der Waals surface area contributed by atoms with E-state index in [1.54, 1.807) is 6.07 Å². The Morgan fingerprint density at radius 1 is 1.10 bits per heavy atom. The number of benzene rings is 2. The highest BCUT2D eigenvalue weighted by Gasteiger charge is 2.08. The number of nitrogens with zero attached hydrogens (tertiary/aromatic N) is 4. The van der Waals surface area contributed by atoms with E-state index in [-0.39, 0.29) is 24.3 Å². The van der Waals surface area contributed by atoms with Crippen molar-refractivity contribution < 1.29 is 13.9 Å². The van der Waals surface area contributed by atoms with Crippen molar-refractivity contribution in [1.29, 1.82) is 0 Å². The molecule has 0 fully saturated rings. The van der Waals surface area contributed by atoms with Gasteiger partial charge in [0, 0.05) is 17.8 Å². The maximum Gasteiger partial charge on any atom is 0.331 e. The number of rotatable bonds is 6. The van der Waals surface area contributed by atoms with E-state index in [4.69, 9.17) is 14.9 Å². The van der Waals surface area contributed by atoms with Crippen LogP contribution in [0.1, 0.15) is 17.3 Å². The molecule has 2 heterocycles. The molecule has 0 saturated heterocycles. The SMILES string of the molecule is Cc1ccc(Nc2nc(N)nc(COC(=O)/C=C/c3nc4ccccc4o3)n2)cc1. The Morgan fingerprint density at radius 3 is 2.70 bits per heavy atom. The number of hydrogen-bond donors (Lipinski definition) is 2. The molecule has 3 N–H and O–H groups in total. The molecular formula is C21H18N6O3. The van der Waals surface area contributed by atoms with Crippen molar-refractivity contribution in [2.75, 3.05) is 11.1 Å². The average Bonchev–Trinajstić information content (AvgIpc) is 3.15. The Hall–Kier alpha value is -4.27. The Bertz CT molecular complexity index is 1180. The van der Waals surface area contributed by atoms with Gasteiger partial charge in [-0.05, 0) is 31.2 Å². The molecule has 9 nitrogen and oxygen atoms in total. The van der Waals surface area contributed by atoms with Crippen LogP contribution in [0.2, 0.25) is 0 Å². The fraction of sp³-hybridized carbons (Fsp3) is 0.0952. The number of para-hydroxylation sites is 2. The first kappa shape index (κ1) is 19.1. The van der Waals surface area contributed by atoms with Crippen LogP contribution in [0.3, 0.4) is 0 Å². The van der Waals surface area contributed by atoms with E-state index in [9.17, 15) is 4.79 Å². The third-order valence-corrected chi connectivity index (χ3v) is 4.02. The fourth-order valence-corrected chi connectivity index (χ4v) is 2.61. The predicted octanol–water partition coefficient (Wildman–Crippen LogP) is 3.40. The molecule has 0 unspecified atom stereocenters. The molecule has 0 amide bonds.